The van der Waals surface area contributed by atoms with Gasteiger partial charge in [-0.2, -0.15) is 0 Å². The zero-order chi connectivity index (χ0) is 11.1. The van der Waals surface area contributed by atoms with Crippen LogP contribution in [0.15, 0.2) is 24.3 Å². The van der Waals surface area contributed by atoms with Gasteiger partial charge < -0.3 is 10.1 Å². The minimum Gasteiger partial charge on any atom is -0.383 e. The van der Waals surface area contributed by atoms with E-state index in [1.165, 1.54) is 11.3 Å². The molecule has 0 bridgehead atoms. The Morgan fingerprint density at radius 2 is 2.13 bits per heavy atom. The number of anilines is 1. The van der Waals surface area contributed by atoms with Crippen LogP contribution >= 0.6 is 0 Å². The van der Waals surface area contributed by atoms with Crippen molar-refractivity contribution in [1.82, 2.24) is 0 Å². The van der Waals surface area contributed by atoms with Crippen LogP contribution < -0.4 is 5.32 Å². The van der Waals surface area contributed by atoms with Crippen molar-refractivity contribution in [2.24, 2.45) is 0 Å². The van der Waals surface area contributed by atoms with E-state index >= 15 is 0 Å². The maximum Gasteiger partial charge on any atom is 0.0638 e. The van der Waals surface area contributed by atoms with E-state index in [0.29, 0.717) is 5.92 Å². The molecule has 0 aliphatic rings. The third kappa shape index (κ3) is 4.34. The van der Waals surface area contributed by atoms with Crippen LogP contribution in [0.25, 0.3) is 0 Å². The van der Waals surface area contributed by atoms with Crippen molar-refractivity contribution >= 4 is 5.69 Å². The Hall–Kier alpha value is -1.02. The molecule has 0 aliphatic heterocycles. The average molecular weight is 207 g/mol. The Morgan fingerprint density at radius 3 is 2.80 bits per heavy atom. The molecule has 0 amide bonds. The molecule has 0 fully saturated rings. The van der Waals surface area contributed by atoms with E-state index in [4.69, 9.17) is 4.74 Å². The first-order chi connectivity index (χ1) is 7.24. The normalized spacial score (nSPS) is 10.7. The molecule has 1 N–H and O–H groups in total. The van der Waals surface area contributed by atoms with Gasteiger partial charge in [-0.3, -0.25) is 0 Å². The first kappa shape index (κ1) is 12.1. The van der Waals surface area contributed by atoms with Gasteiger partial charge in [0, 0.05) is 18.8 Å². The lowest BCUT2D eigenvalue weighted by molar-refractivity contribution is 0.158. The van der Waals surface area contributed by atoms with Crippen LogP contribution in [0.5, 0.6) is 0 Å². The van der Waals surface area contributed by atoms with Gasteiger partial charge in [-0.05, 0) is 30.5 Å². The van der Waals surface area contributed by atoms with Crippen LogP contribution in [0, 0.1) is 0 Å². The van der Waals surface area contributed by atoms with Crippen LogP contribution in [0.4, 0.5) is 5.69 Å². The molecule has 0 unspecified atom stereocenters. The van der Waals surface area contributed by atoms with Gasteiger partial charge in [0.25, 0.3) is 0 Å². The van der Waals surface area contributed by atoms with E-state index in [9.17, 15) is 0 Å². The fraction of sp³-hybridized carbons (Fsp3) is 0.538. The van der Waals surface area contributed by atoms with Gasteiger partial charge in [-0.1, -0.05) is 26.0 Å². The first-order valence-electron chi connectivity index (χ1n) is 5.65. The van der Waals surface area contributed by atoms with Gasteiger partial charge in [0.2, 0.25) is 0 Å². The monoisotopic (exact) mass is 207 g/mol. The molecule has 1 aromatic carbocycles. The highest BCUT2D eigenvalue weighted by atomic mass is 16.5. The van der Waals surface area contributed by atoms with E-state index in [1.54, 1.807) is 0 Å². The standard InChI is InChI=1S/C13H21NO/c1-4-15-9-8-14-13-7-5-6-12(10-13)11(2)3/h5-7,10-11,14H,4,8-9H2,1-3H3. The fourth-order valence-electron chi connectivity index (χ4n) is 1.42. The zero-order valence-electron chi connectivity index (χ0n) is 9.92. The van der Waals surface area contributed by atoms with Gasteiger partial charge in [-0.15, -0.1) is 0 Å². The summed E-state index contributed by atoms with van der Waals surface area (Å²) in [4.78, 5) is 0. The van der Waals surface area contributed by atoms with E-state index < -0.39 is 0 Å². The van der Waals surface area contributed by atoms with Crippen molar-refractivity contribution in [2.75, 3.05) is 25.1 Å². The number of benzene rings is 1. The maximum absolute atomic E-state index is 5.27. The molecule has 0 radical (unpaired) electrons. The lowest BCUT2D eigenvalue weighted by Crippen LogP contribution is -2.09. The molecule has 0 aromatic heterocycles. The molecular weight excluding hydrogens is 186 g/mol. The molecular formula is C13H21NO. The smallest absolute Gasteiger partial charge is 0.0638 e. The lowest BCUT2D eigenvalue weighted by atomic mass is 10.0. The quantitative estimate of drug-likeness (QED) is 0.723. The van der Waals surface area contributed by atoms with Gasteiger partial charge in [0.1, 0.15) is 0 Å². The van der Waals surface area contributed by atoms with Gasteiger partial charge in [0.05, 0.1) is 6.61 Å². The molecule has 0 aliphatic carbocycles. The summed E-state index contributed by atoms with van der Waals surface area (Å²) in [5, 5.41) is 3.35. The summed E-state index contributed by atoms with van der Waals surface area (Å²) in [7, 11) is 0. The molecule has 15 heavy (non-hydrogen) atoms. The summed E-state index contributed by atoms with van der Waals surface area (Å²) in [6, 6.07) is 8.56. The summed E-state index contributed by atoms with van der Waals surface area (Å²) in [5.74, 6) is 0.582. The summed E-state index contributed by atoms with van der Waals surface area (Å²) in [6.07, 6.45) is 0. The van der Waals surface area contributed by atoms with E-state index in [1.807, 2.05) is 6.92 Å². The van der Waals surface area contributed by atoms with Crippen molar-refractivity contribution in [3.05, 3.63) is 29.8 Å². The van der Waals surface area contributed by atoms with Gasteiger partial charge in [0.15, 0.2) is 0 Å². The van der Waals surface area contributed by atoms with E-state index in [-0.39, 0.29) is 0 Å². The van der Waals surface area contributed by atoms with Crippen molar-refractivity contribution in [2.45, 2.75) is 26.7 Å². The molecule has 1 aromatic rings. The van der Waals surface area contributed by atoms with Crippen molar-refractivity contribution in [3.8, 4) is 0 Å². The second kappa shape index (κ2) is 6.46. The largest absolute Gasteiger partial charge is 0.383 e. The topological polar surface area (TPSA) is 21.3 Å². The minimum atomic E-state index is 0.582. The number of hydrogen-bond acceptors (Lipinski definition) is 2. The Bertz CT molecular complexity index is 284. The summed E-state index contributed by atoms with van der Waals surface area (Å²) in [5.41, 5.74) is 2.55. The molecule has 0 saturated heterocycles. The van der Waals surface area contributed by atoms with Crippen molar-refractivity contribution in [3.63, 3.8) is 0 Å². The SMILES string of the molecule is CCOCCNc1cccc(C(C)C)c1. The highest BCUT2D eigenvalue weighted by Gasteiger charge is 1.99. The minimum absolute atomic E-state index is 0.582. The van der Waals surface area contributed by atoms with Crippen LogP contribution in [0.1, 0.15) is 32.3 Å². The van der Waals surface area contributed by atoms with Crippen molar-refractivity contribution in [1.29, 1.82) is 0 Å². The summed E-state index contributed by atoms with van der Waals surface area (Å²) < 4.78 is 5.27. The lowest BCUT2D eigenvalue weighted by Gasteiger charge is -2.10. The van der Waals surface area contributed by atoms with Crippen LogP contribution in [0.3, 0.4) is 0 Å². The second-order valence-electron chi connectivity index (χ2n) is 3.90. The summed E-state index contributed by atoms with van der Waals surface area (Å²) >= 11 is 0. The van der Waals surface area contributed by atoms with Gasteiger partial charge in [-0.25, -0.2) is 0 Å². The Kier molecular flexibility index (Phi) is 5.19. The van der Waals surface area contributed by atoms with Crippen molar-refractivity contribution < 1.29 is 4.74 Å². The first-order valence-corrected chi connectivity index (χ1v) is 5.65. The molecule has 1 rings (SSSR count). The molecule has 0 saturated carbocycles. The number of hydrogen-bond donors (Lipinski definition) is 1. The molecule has 2 nitrogen and oxygen atoms in total. The van der Waals surface area contributed by atoms with Crippen LogP contribution in [-0.4, -0.2) is 19.8 Å². The van der Waals surface area contributed by atoms with Crippen LogP contribution in [-0.2, 0) is 4.74 Å². The molecule has 0 atom stereocenters. The average Bonchev–Trinajstić information content (AvgIpc) is 2.25. The molecule has 0 heterocycles. The van der Waals surface area contributed by atoms with Crippen LogP contribution in [0.2, 0.25) is 0 Å². The highest BCUT2D eigenvalue weighted by molar-refractivity contribution is 5.46. The predicted molar refractivity (Wildman–Crippen MR) is 65.5 cm³/mol. The highest BCUT2D eigenvalue weighted by Crippen LogP contribution is 2.18. The third-order valence-electron chi connectivity index (χ3n) is 2.33. The maximum atomic E-state index is 5.27. The van der Waals surface area contributed by atoms with E-state index in [2.05, 4.69) is 43.4 Å². The number of ether oxygens (including phenoxy) is 1. The molecule has 84 valence electrons. The summed E-state index contributed by atoms with van der Waals surface area (Å²) in [6.45, 7) is 8.85. The Balaban J connectivity index is 2.43. The zero-order valence-corrected chi connectivity index (χ0v) is 9.92. The number of nitrogens with one attached hydrogen (secondary N) is 1. The molecule has 0 spiro atoms. The Labute approximate surface area is 92.6 Å². The fourth-order valence-corrected chi connectivity index (χ4v) is 1.42. The predicted octanol–water partition coefficient (Wildman–Crippen LogP) is 3.26. The molecule has 2 heteroatoms. The number of rotatable bonds is 6. The second-order valence-corrected chi connectivity index (χ2v) is 3.90. The third-order valence-corrected chi connectivity index (χ3v) is 2.33. The van der Waals surface area contributed by atoms with Gasteiger partial charge >= 0.3 is 0 Å². The van der Waals surface area contributed by atoms with E-state index in [0.717, 1.165) is 19.8 Å². The Morgan fingerprint density at radius 1 is 1.33 bits per heavy atom.